The standard InChI is InChI=1S/C21H33N3O2/c1-14(2)18(20(26)23-13-17-7-6-12-22-17)24-19(25)15-8-10-16(11-9-15)21(3,4)5/h8-11,14,17-18,22H,6-7,12-13H2,1-5H3,(H,23,26)(H,24,25). The molecule has 0 aromatic heterocycles. The largest absolute Gasteiger partial charge is 0.353 e. The Morgan fingerprint density at radius 3 is 2.35 bits per heavy atom. The van der Waals surface area contributed by atoms with Gasteiger partial charge in [-0.1, -0.05) is 46.8 Å². The second-order valence-corrected chi connectivity index (χ2v) is 8.56. The molecule has 3 N–H and O–H groups in total. The van der Waals surface area contributed by atoms with Crippen molar-refractivity contribution < 1.29 is 9.59 Å². The minimum absolute atomic E-state index is 0.0179. The average Bonchev–Trinajstić information content (AvgIpc) is 3.10. The normalized spacial score (nSPS) is 18.6. The van der Waals surface area contributed by atoms with E-state index < -0.39 is 6.04 Å². The molecule has 26 heavy (non-hydrogen) atoms. The van der Waals surface area contributed by atoms with Gasteiger partial charge in [0.25, 0.3) is 5.91 Å². The summed E-state index contributed by atoms with van der Waals surface area (Å²) in [6, 6.07) is 7.41. The lowest BCUT2D eigenvalue weighted by Gasteiger charge is -2.23. The van der Waals surface area contributed by atoms with Crippen LogP contribution in [-0.4, -0.2) is 37.0 Å². The molecule has 1 aliphatic heterocycles. The average molecular weight is 360 g/mol. The molecule has 5 heteroatoms. The minimum atomic E-state index is -0.536. The number of carbonyl (C=O) groups is 2. The fourth-order valence-electron chi connectivity index (χ4n) is 3.15. The van der Waals surface area contributed by atoms with Crippen molar-refractivity contribution in [2.24, 2.45) is 5.92 Å². The lowest BCUT2D eigenvalue weighted by atomic mass is 9.86. The molecule has 144 valence electrons. The van der Waals surface area contributed by atoms with E-state index in [1.54, 1.807) is 0 Å². The van der Waals surface area contributed by atoms with Gasteiger partial charge in [-0.2, -0.15) is 0 Å². The number of carbonyl (C=O) groups excluding carboxylic acids is 2. The Balaban J connectivity index is 1.97. The molecule has 2 rings (SSSR count). The molecule has 1 fully saturated rings. The lowest BCUT2D eigenvalue weighted by molar-refractivity contribution is -0.124. The van der Waals surface area contributed by atoms with E-state index >= 15 is 0 Å². The van der Waals surface area contributed by atoms with Gasteiger partial charge in [-0.3, -0.25) is 9.59 Å². The van der Waals surface area contributed by atoms with E-state index in [0.29, 0.717) is 18.2 Å². The molecule has 1 aromatic rings. The van der Waals surface area contributed by atoms with Crippen molar-refractivity contribution in [3.05, 3.63) is 35.4 Å². The van der Waals surface area contributed by atoms with Gasteiger partial charge in [-0.15, -0.1) is 0 Å². The van der Waals surface area contributed by atoms with E-state index in [9.17, 15) is 9.59 Å². The van der Waals surface area contributed by atoms with E-state index in [-0.39, 0.29) is 23.1 Å². The summed E-state index contributed by atoms with van der Waals surface area (Å²) in [7, 11) is 0. The maximum absolute atomic E-state index is 12.6. The lowest BCUT2D eigenvalue weighted by Crippen LogP contribution is -2.51. The van der Waals surface area contributed by atoms with Gasteiger partial charge in [0.15, 0.2) is 0 Å². The highest BCUT2D eigenvalue weighted by Gasteiger charge is 2.26. The molecule has 1 aromatic carbocycles. The molecule has 2 unspecified atom stereocenters. The molecule has 1 heterocycles. The van der Waals surface area contributed by atoms with Gasteiger partial charge in [0, 0.05) is 18.2 Å². The van der Waals surface area contributed by atoms with Crippen molar-refractivity contribution in [1.29, 1.82) is 0 Å². The van der Waals surface area contributed by atoms with E-state index in [1.807, 2.05) is 38.1 Å². The molecule has 2 amide bonds. The number of rotatable bonds is 6. The van der Waals surface area contributed by atoms with E-state index in [2.05, 4.69) is 36.7 Å². The first-order valence-corrected chi connectivity index (χ1v) is 9.61. The predicted molar refractivity (Wildman–Crippen MR) is 105 cm³/mol. The summed E-state index contributed by atoms with van der Waals surface area (Å²) in [6.45, 7) is 11.9. The summed E-state index contributed by atoms with van der Waals surface area (Å²) in [5.41, 5.74) is 1.80. The molecule has 5 nitrogen and oxygen atoms in total. The number of hydrogen-bond donors (Lipinski definition) is 3. The van der Waals surface area contributed by atoms with Crippen molar-refractivity contribution in [3.8, 4) is 0 Å². The van der Waals surface area contributed by atoms with Gasteiger partial charge in [0.2, 0.25) is 5.91 Å². The summed E-state index contributed by atoms with van der Waals surface area (Å²) in [5, 5.41) is 9.23. The maximum atomic E-state index is 12.6. The second-order valence-electron chi connectivity index (χ2n) is 8.56. The molecule has 0 saturated carbocycles. The zero-order chi connectivity index (χ0) is 19.3. The van der Waals surface area contributed by atoms with Crippen LogP contribution in [0.25, 0.3) is 0 Å². The topological polar surface area (TPSA) is 70.2 Å². The number of nitrogens with one attached hydrogen (secondary N) is 3. The SMILES string of the molecule is CC(C)C(NC(=O)c1ccc(C(C)(C)C)cc1)C(=O)NCC1CCCN1. The van der Waals surface area contributed by atoms with Crippen LogP contribution in [0.15, 0.2) is 24.3 Å². The van der Waals surface area contributed by atoms with Crippen LogP contribution >= 0.6 is 0 Å². The van der Waals surface area contributed by atoms with E-state index in [1.165, 1.54) is 5.56 Å². The minimum Gasteiger partial charge on any atom is -0.353 e. The van der Waals surface area contributed by atoms with Crippen LogP contribution in [-0.2, 0) is 10.2 Å². The monoisotopic (exact) mass is 359 g/mol. The van der Waals surface area contributed by atoms with Gasteiger partial charge in [-0.05, 0) is 48.4 Å². The summed E-state index contributed by atoms with van der Waals surface area (Å²) in [4.78, 5) is 25.1. The fraction of sp³-hybridized carbons (Fsp3) is 0.619. The van der Waals surface area contributed by atoms with Crippen LogP contribution in [0, 0.1) is 5.92 Å². The van der Waals surface area contributed by atoms with Gasteiger partial charge in [0.1, 0.15) is 6.04 Å². The van der Waals surface area contributed by atoms with Crippen LogP contribution in [0.4, 0.5) is 0 Å². The highest BCUT2D eigenvalue weighted by atomic mass is 16.2. The highest BCUT2D eigenvalue weighted by molar-refractivity contribution is 5.97. The Hall–Kier alpha value is -1.88. The van der Waals surface area contributed by atoms with Crippen molar-refractivity contribution in [2.45, 2.75) is 65.0 Å². The summed E-state index contributed by atoms with van der Waals surface area (Å²) >= 11 is 0. The first-order chi connectivity index (χ1) is 12.2. The van der Waals surface area contributed by atoms with Gasteiger partial charge >= 0.3 is 0 Å². The zero-order valence-electron chi connectivity index (χ0n) is 16.7. The summed E-state index contributed by atoms with van der Waals surface area (Å²) in [6.07, 6.45) is 2.23. The highest BCUT2D eigenvalue weighted by Crippen LogP contribution is 2.22. The molecule has 0 bridgehead atoms. The first-order valence-electron chi connectivity index (χ1n) is 9.61. The first kappa shape index (κ1) is 20.4. The molecule has 1 saturated heterocycles. The summed E-state index contributed by atoms with van der Waals surface area (Å²) < 4.78 is 0. The van der Waals surface area contributed by atoms with Crippen molar-refractivity contribution in [1.82, 2.24) is 16.0 Å². The Bertz CT molecular complexity index is 611. The van der Waals surface area contributed by atoms with Crippen molar-refractivity contribution >= 4 is 11.8 Å². The van der Waals surface area contributed by atoms with E-state index in [4.69, 9.17) is 0 Å². The summed E-state index contributed by atoms with van der Waals surface area (Å²) in [5.74, 6) is -0.309. The Morgan fingerprint density at radius 2 is 1.85 bits per heavy atom. The predicted octanol–water partition coefficient (Wildman–Crippen LogP) is 2.61. The Labute approximate surface area is 157 Å². The molecular formula is C21H33N3O2. The van der Waals surface area contributed by atoms with Crippen LogP contribution < -0.4 is 16.0 Å². The van der Waals surface area contributed by atoms with E-state index in [0.717, 1.165) is 19.4 Å². The van der Waals surface area contributed by atoms with Crippen LogP contribution in [0.5, 0.6) is 0 Å². The molecular weight excluding hydrogens is 326 g/mol. The van der Waals surface area contributed by atoms with Gasteiger partial charge in [0.05, 0.1) is 0 Å². The van der Waals surface area contributed by atoms with Gasteiger partial charge < -0.3 is 16.0 Å². The maximum Gasteiger partial charge on any atom is 0.251 e. The van der Waals surface area contributed by atoms with Crippen LogP contribution in [0.1, 0.15) is 63.4 Å². The molecule has 0 radical (unpaired) electrons. The molecule has 0 aliphatic carbocycles. The Kier molecular flexibility index (Phi) is 6.81. The third-order valence-corrected chi connectivity index (χ3v) is 4.93. The number of hydrogen-bond acceptors (Lipinski definition) is 3. The quantitative estimate of drug-likeness (QED) is 0.731. The van der Waals surface area contributed by atoms with Crippen LogP contribution in [0.3, 0.4) is 0 Å². The van der Waals surface area contributed by atoms with Crippen molar-refractivity contribution in [2.75, 3.05) is 13.1 Å². The third-order valence-electron chi connectivity index (χ3n) is 4.93. The van der Waals surface area contributed by atoms with Crippen molar-refractivity contribution in [3.63, 3.8) is 0 Å². The smallest absolute Gasteiger partial charge is 0.251 e. The molecule has 1 aliphatic rings. The molecule has 2 atom stereocenters. The van der Waals surface area contributed by atoms with Gasteiger partial charge in [-0.25, -0.2) is 0 Å². The Morgan fingerprint density at radius 1 is 1.19 bits per heavy atom. The van der Waals surface area contributed by atoms with Crippen LogP contribution in [0.2, 0.25) is 0 Å². The fourth-order valence-corrected chi connectivity index (χ4v) is 3.15. The molecule has 0 spiro atoms. The second kappa shape index (κ2) is 8.67. The third kappa shape index (κ3) is 5.56. The zero-order valence-corrected chi connectivity index (χ0v) is 16.7. The number of benzene rings is 1. The number of amides is 2.